The molecule has 2 heterocycles. The van der Waals surface area contributed by atoms with Gasteiger partial charge in [-0.1, -0.05) is 25.0 Å². The van der Waals surface area contributed by atoms with Gasteiger partial charge < -0.3 is 9.73 Å². The minimum atomic E-state index is -0.447. The van der Waals surface area contributed by atoms with Gasteiger partial charge in [0.1, 0.15) is 11.4 Å². The number of anilines is 1. The van der Waals surface area contributed by atoms with E-state index in [9.17, 15) is 9.59 Å². The van der Waals surface area contributed by atoms with Crippen molar-refractivity contribution in [3.8, 4) is 0 Å². The normalized spacial score (nSPS) is 15.0. The van der Waals surface area contributed by atoms with Crippen LogP contribution in [-0.4, -0.2) is 15.7 Å². The van der Waals surface area contributed by atoms with E-state index in [-0.39, 0.29) is 11.2 Å². The molecule has 122 valence electrons. The highest BCUT2D eigenvalue weighted by Gasteiger charge is 2.21. The SMILES string of the molecule is O=C(Nc1ccnn1C1CCCC1)c1cc(=O)c2ccccc2o1. The van der Waals surface area contributed by atoms with Crippen molar-refractivity contribution in [1.82, 2.24) is 9.78 Å². The van der Waals surface area contributed by atoms with Gasteiger partial charge in [0.2, 0.25) is 0 Å². The molecule has 0 atom stereocenters. The summed E-state index contributed by atoms with van der Waals surface area (Å²) in [5.74, 6) is 0.179. The van der Waals surface area contributed by atoms with Crippen molar-refractivity contribution in [3.05, 3.63) is 58.6 Å². The zero-order chi connectivity index (χ0) is 16.5. The van der Waals surface area contributed by atoms with Crippen LogP contribution in [0.2, 0.25) is 0 Å². The lowest BCUT2D eigenvalue weighted by atomic mass is 10.2. The predicted molar refractivity (Wildman–Crippen MR) is 90.2 cm³/mol. The van der Waals surface area contributed by atoms with Gasteiger partial charge in [0, 0.05) is 12.1 Å². The monoisotopic (exact) mass is 323 g/mol. The van der Waals surface area contributed by atoms with E-state index in [2.05, 4.69) is 10.4 Å². The lowest BCUT2D eigenvalue weighted by Gasteiger charge is -2.14. The number of hydrogen-bond donors (Lipinski definition) is 1. The molecule has 0 saturated heterocycles. The molecule has 1 aromatic carbocycles. The maximum atomic E-state index is 12.5. The van der Waals surface area contributed by atoms with E-state index in [0.717, 1.165) is 12.8 Å². The Hall–Kier alpha value is -2.89. The molecule has 2 aromatic heterocycles. The van der Waals surface area contributed by atoms with Crippen molar-refractivity contribution < 1.29 is 9.21 Å². The number of rotatable bonds is 3. The first-order chi connectivity index (χ1) is 11.7. The molecule has 0 unspecified atom stereocenters. The third kappa shape index (κ3) is 2.60. The molecule has 1 aliphatic rings. The number of carbonyl (C=O) groups is 1. The molecular formula is C18H17N3O3. The van der Waals surface area contributed by atoms with Gasteiger partial charge in [-0.25, -0.2) is 4.68 Å². The largest absolute Gasteiger partial charge is 0.451 e. The first-order valence-corrected chi connectivity index (χ1v) is 8.10. The van der Waals surface area contributed by atoms with Crippen LogP contribution < -0.4 is 10.7 Å². The molecule has 3 aromatic rings. The minimum Gasteiger partial charge on any atom is -0.451 e. The highest BCUT2D eigenvalue weighted by atomic mass is 16.3. The predicted octanol–water partition coefficient (Wildman–Crippen LogP) is 3.36. The number of fused-ring (bicyclic) bond motifs is 1. The maximum Gasteiger partial charge on any atom is 0.292 e. The smallest absolute Gasteiger partial charge is 0.292 e. The van der Waals surface area contributed by atoms with Crippen LogP contribution in [0.4, 0.5) is 5.82 Å². The van der Waals surface area contributed by atoms with Crippen LogP contribution in [0, 0.1) is 0 Å². The van der Waals surface area contributed by atoms with E-state index in [4.69, 9.17) is 4.42 Å². The number of para-hydroxylation sites is 1. The number of benzene rings is 1. The van der Waals surface area contributed by atoms with Crippen LogP contribution in [0.1, 0.15) is 42.3 Å². The van der Waals surface area contributed by atoms with E-state index < -0.39 is 5.91 Å². The summed E-state index contributed by atoms with van der Waals surface area (Å²) in [5, 5.41) is 7.59. The third-order valence-corrected chi connectivity index (χ3v) is 4.44. The van der Waals surface area contributed by atoms with E-state index in [1.807, 2.05) is 4.68 Å². The van der Waals surface area contributed by atoms with Crippen LogP contribution in [-0.2, 0) is 0 Å². The van der Waals surface area contributed by atoms with Gasteiger partial charge in [0.15, 0.2) is 11.2 Å². The molecule has 1 amide bonds. The van der Waals surface area contributed by atoms with E-state index in [1.54, 1.807) is 36.5 Å². The summed E-state index contributed by atoms with van der Waals surface area (Å²) in [6, 6.07) is 10.2. The zero-order valence-electron chi connectivity index (χ0n) is 13.1. The first kappa shape index (κ1) is 14.7. The van der Waals surface area contributed by atoms with Crippen LogP contribution in [0.5, 0.6) is 0 Å². The van der Waals surface area contributed by atoms with Crippen molar-refractivity contribution in [2.75, 3.05) is 5.32 Å². The van der Waals surface area contributed by atoms with Crippen LogP contribution in [0.15, 0.2) is 51.8 Å². The number of aromatic nitrogens is 2. The highest BCUT2D eigenvalue weighted by Crippen LogP contribution is 2.31. The Kier molecular flexibility index (Phi) is 3.65. The lowest BCUT2D eigenvalue weighted by molar-refractivity contribution is 0.0996. The fourth-order valence-electron chi connectivity index (χ4n) is 3.25. The Balaban J connectivity index is 1.63. The third-order valence-electron chi connectivity index (χ3n) is 4.44. The highest BCUT2D eigenvalue weighted by molar-refractivity contribution is 6.02. The fraction of sp³-hybridized carbons (Fsp3) is 0.278. The Morgan fingerprint density at radius 3 is 2.83 bits per heavy atom. The summed E-state index contributed by atoms with van der Waals surface area (Å²) in [4.78, 5) is 24.6. The molecule has 0 aliphatic heterocycles. The molecule has 4 rings (SSSR count). The average Bonchev–Trinajstić information content (AvgIpc) is 3.25. The Morgan fingerprint density at radius 1 is 1.21 bits per heavy atom. The maximum absolute atomic E-state index is 12.5. The van der Waals surface area contributed by atoms with Crippen molar-refractivity contribution >= 4 is 22.7 Å². The second-order valence-corrected chi connectivity index (χ2v) is 6.02. The summed E-state index contributed by atoms with van der Waals surface area (Å²) in [5.41, 5.74) is 0.172. The van der Waals surface area contributed by atoms with Crippen molar-refractivity contribution in [2.45, 2.75) is 31.7 Å². The Labute approximate surface area is 138 Å². The molecule has 1 fully saturated rings. The van der Waals surface area contributed by atoms with Gasteiger partial charge in [-0.15, -0.1) is 0 Å². The molecular weight excluding hydrogens is 306 g/mol. The number of hydrogen-bond acceptors (Lipinski definition) is 4. The van der Waals surface area contributed by atoms with Crippen LogP contribution >= 0.6 is 0 Å². The standard InChI is InChI=1S/C18H17N3O3/c22-14-11-16(24-15-8-4-3-7-13(14)15)18(23)20-17-9-10-19-21(17)12-5-1-2-6-12/h3-4,7-12H,1-2,5-6H2,(H,20,23). The summed E-state index contributed by atoms with van der Waals surface area (Å²) in [7, 11) is 0. The molecule has 0 radical (unpaired) electrons. The number of nitrogens with zero attached hydrogens (tertiary/aromatic N) is 2. The van der Waals surface area contributed by atoms with Gasteiger partial charge in [-0.3, -0.25) is 9.59 Å². The molecule has 0 spiro atoms. The Morgan fingerprint density at radius 2 is 2.00 bits per heavy atom. The van der Waals surface area contributed by atoms with Gasteiger partial charge >= 0.3 is 0 Å². The average molecular weight is 323 g/mol. The van der Waals surface area contributed by atoms with E-state index in [1.165, 1.54) is 18.9 Å². The fourth-order valence-corrected chi connectivity index (χ4v) is 3.25. The lowest BCUT2D eigenvalue weighted by Crippen LogP contribution is -2.19. The van der Waals surface area contributed by atoms with Crippen LogP contribution in [0.25, 0.3) is 11.0 Å². The van der Waals surface area contributed by atoms with Crippen LogP contribution in [0.3, 0.4) is 0 Å². The summed E-state index contributed by atoms with van der Waals surface area (Å²) in [6.45, 7) is 0. The summed E-state index contributed by atoms with van der Waals surface area (Å²) < 4.78 is 7.43. The molecule has 6 nitrogen and oxygen atoms in total. The second kappa shape index (κ2) is 5.96. The molecule has 6 heteroatoms. The van der Waals surface area contributed by atoms with Crippen molar-refractivity contribution in [1.29, 1.82) is 0 Å². The molecule has 24 heavy (non-hydrogen) atoms. The topological polar surface area (TPSA) is 77.1 Å². The Bertz CT molecular complexity index is 951. The zero-order valence-corrected chi connectivity index (χ0v) is 13.1. The first-order valence-electron chi connectivity index (χ1n) is 8.10. The molecule has 1 N–H and O–H groups in total. The number of carbonyl (C=O) groups excluding carboxylic acids is 1. The molecule has 0 bridgehead atoms. The van der Waals surface area contributed by atoms with Gasteiger partial charge in [-0.2, -0.15) is 5.10 Å². The van der Waals surface area contributed by atoms with E-state index in [0.29, 0.717) is 22.8 Å². The number of amides is 1. The van der Waals surface area contributed by atoms with Gasteiger partial charge in [0.25, 0.3) is 5.91 Å². The number of nitrogens with one attached hydrogen (secondary N) is 1. The molecule has 1 aliphatic carbocycles. The minimum absolute atomic E-state index is 0.00197. The summed E-state index contributed by atoms with van der Waals surface area (Å²) >= 11 is 0. The second-order valence-electron chi connectivity index (χ2n) is 6.02. The van der Waals surface area contributed by atoms with Gasteiger partial charge in [-0.05, 0) is 25.0 Å². The van der Waals surface area contributed by atoms with Crippen molar-refractivity contribution in [2.24, 2.45) is 0 Å². The van der Waals surface area contributed by atoms with E-state index >= 15 is 0 Å². The summed E-state index contributed by atoms with van der Waals surface area (Å²) in [6.07, 6.45) is 6.16. The quantitative estimate of drug-likeness (QED) is 0.802. The molecule has 1 saturated carbocycles. The van der Waals surface area contributed by atoms with Gasteiger partial charge in [0.05, 0.1) is 17.6 Å². The van der Waals surface area contributed by atoms with Crippen molar-refractivity contribution in [3.63, 3.8) is 0 Å².